The zero-order chi connectivity index (χ0) is 21.5. The highest BCUT2D eigenvalue weighted by Crippen LogP contribution is 2.27. The van der Waals surface area contributed by atoms with Crippen molar-refractivity contribution >= 4 is 34.5 Å². The summed E-state index contributed by atoms with van der Waals surface area (Å²) < 4.78 is 5.39. The molecule has 0 saturated carbocycles. The van der Waals surface area contributed by atoms with Crippen LogP contribution in [-0.2, 0) is 4.79 Å². The summed E-state index contributed by atoms with van der Waals surface area (Å²) in [6.45, 7) is 3.98. The van der Waals surface area contributed by atoms with Crippen molar-refractivity contribution in [1.29, 1.82) is 0 Å². The van der Waals surface area contributed by atoms with E-state index in [0.29, 0.717) is 17.7 Å². The fraction of sp³-hybridized carbons (Fsp3) is 0.208. The fourth-order valence-corrected chi connectivity index (χ4v) is 3.10. The van der Waals surface area contributed by atoms with E-state index in [0.717, 1.165) is 22.1 Å². The fourth-order valence-electron chi connectivity index (χ4n) is 3.10. The molecule has 0 bridgehead atoms. The topological polar surface area (TPSA) is 79.8 Å². The highest BCUT2D eigenvalue weighted by molar-refractivity contribution is 6.03. The minimum absolute atomic E-state index is 0.0430. The first-order valence-electron chi connectivity index (χ1n) is 9.77. The Kier molecular flexibility index (Phi) is 6.80. The predicted molar refractivity (Wildman–Crippen MR) is 120 cm³/mol. The lowest BCUT2D eigenvalue weighted by molar-refractivity contribution is -0.116. The molecular weight excluding hydrogens is 378 g/mol. The number of fused-ring (bicyclic) bond motifs is 1. The van der Waals surface area contributed by atoms with Crippen LogP contribution in [0, 0.1) is 5.92 Å². The number of carbonyl (C=O) groups is 2. The average Bonchev–Trinajstić information content (AvgIpc) is 2.73. The lowest BCUT2D eigenvalue weighted by Crippen LogP contribution is -2.18. The lowest BCUT2D eigenvalue weighted by Gasteiger charge is -2.08. The summed E-state index contributed by atoms with van der Waals surface area (Å²) in [5, 5.41) is 8.87. The molecule has 3 rings (SSSR count). The Morgan fingerprint density at radius 1 is 1.00 bits per heavy atom. The molecule has 0 aliphatic rings. The third kappa shape index (κ3) is 5.23. The molecule has 0 aliphatic heterocycles. The number of carbonyl (C=O) groups excluding carboxylic acids is 2. The maximum atomic E-state index is 12.3. The normalized spacial score (nSPS) is 11.1. The highest BCUT2D eigenvalue weighted by Gasteiger charge is 2.08. The molecule has 0 aliphatic carbocycles. The number of rotatable bonds is 7. The van der Waals surface area contributed by atoms with Crippen molar-refractivity contribution in [3.8, 4) is 5.75 Å². The largest absolute Gasteiger partial charge is 0.496 e. The predicted octanol–water partition coefficient (Wildman–Crippen LogP) is 4.60. The van der Waals surface area contributed by atoms with Crippen LogP contribution < -0.4 is 15.5 Å². The maximum Gasteiger partial charge on any atom is 0.271 e. The zero-order valence-electron chi connectivity index (χ0n) is 17.3. The third-order valence-electron chi connectivity index (χ3n) is 4.53. The van der Waals surface area contributed by atoms with Gasteiger partial charge in [-0.15, -0.1) is 0 Å². The van der Waals surface area contributed by atoms with Crippen LogP contribution in [0.5, 0.6) is 5.75 Å². The Morgan fingerprint density at radius 3 is 2.37 bits per heavy atom. The summed E-state index contributed by atoms with van der Waals surface area (Å²) >= 11 is 0. The van der Waals surface area contributed by atoms with Crippen LogP contribution in [0.25, 0.3) is 10.8 Å². The zero-order valence-corrected chi connectivity index (χ0v) is 17.3. The van der Waals surface area contributed by atoms with Gasteiger partial charge in [0, 0.05) is 28.6 Å². The van der Waals surface area contributed by atoms with E-state index in [2.05, 4.69) is 15.8 Å². The van der Waals surface area contributed by atoms with E-state index >= 15 is 0 Å². The quantitative estimate of drug-likeness (QED) is 0.447. The van der Waals surface area contributed by atoms with Crippen molar-refractivity contribution in [2.45, 2.75) is 20.3 Å². The Bertz CT molecular complexity index is 1070. The number of benzene rings is 3. The van der Waals surface area contributed by atoms with Crippen molar-refractivity contribution in [2.24, 2.45) is 11.0 Å². The van der Waals surface area contributed by atoms with Crippen LogP contribution in [0.4, 0.5) is 5.69 Å². The molecule has 0 fully saturated rings. The molecule has 0 radical (unpaired) electrons. The van der Waals surface area contributed by atoms with Crippen molar-refractivity contribution in [2.75, 3.05) is 12.4 Å². The first-order valence-corrected chi connectivity index (χ1v) is 9.77. The molecule has 154 valence electrons. The molecule has 30 heavy (non-hydrogen) atoms. The van der Waals surface area contributed by atoms with Crippen LogP contribution >= 0.6 is 0 Å². The Hall–Kier alpha value is -3.67. The molecule has 6 nitrogen and oxygen atoms in total. The van der Waals surface area contributed by atoms with Gasteiger partial charge in [0.25, 0.3) is 5.91 Å². The maximum absolute atomic E-state index is 12.3. The van der Waals surface area contributed by atoms with E-state index in [-0.39, 0.29) is 17.7 Å². The molecule has 0 aromatic heterocycles. The first-order chi connectivity index (χ1) is 14.5. The monoisotopic (exact) mass is 403 g/mol. The second kappa shape index (κ2) is 9.69. The molecule has 0 spiro atoms. The van der Waals surface area contributed by atoms with Gasteiger partial charge in [0.1, 0.15) is 5.75 Å². The summed E-state index contributed by atoms with van der Waals surface area (Å²) in [7, 11) is 1.64. The minimum atomic E-state index is -0.330. The number of anilines is 1. The van der Waals surface area contributed by atoms with Gasteiger partial charge in [0.05, 0.1) is 13.3 Å². The molecule has 2 amide bonds. The number of methoxy groups -OCH3 is 1. The molecule has 3 aromatic rings. The van der Waals surface area contributed by atoms with Crippen LogP contribution in [-0.4, -0.2) is 25.1 Å². The number of amides is 2. The number of nitrogens with zero attached hydrogens (tertiary/aromatic N) is 1. The number of nitrogens with one attached hydrogen (secondary N) is 2. The van der Waals surface area contributed by atoms with E-state index in [9.17, 15) is 9.59 Å². The van der Waals surface area contributed by atoms with Gasteiger partial charge in [-0.25, -0.2) is 5.43 Å². The summed E-state index contributed by atoms with van der Waals surface area (Å²) in [5.74, 6) is 0.700. The number of ether oxygens (including phenoxy) is 1. The highest BCUT2D eigenvalue weighted by atomic mass is 16.5. The van der Waals surface area contributed by atoms with Gasteiger partial charge >= 0.3 is 0 Å². The van der Waals surface area contributed by atoms with Crippen molar-refractivity contribution in [1.82, 2.24) is 5.43 Å². The van der Waals surface area contributed by atoms with Crippen LogP contribution in [0.15, 0.2) is 65.8 Å². The van der Waals surface area contributed by atoms with E-state index in [1.807, 2.05) is 50.2 Å². The number of hydrazone groups is 1. The van der Waals surface area contributed by atoms with E-state index in [4.69, 9.17) is 4.74 Å². The summed E-state index contributed by atoms with van der Waals surface area (Å²) in [5.41, 5.74) is 4.52. The molecule has 2 N–H and O–H groups in total. The first kappa shape index (κ1) is 21.0. The molecule has 0 atom stereocenters. The van der Waals surface area contributed by atoms with Gasteiger partial charge < -0.3 is 10.1 Å². The van der Waals surface area contributed by atoms with Crippen molar-refractivity contribution in [3.05, 3.63) is 71.8 Å². The Morgan fingerprint density at radius 2 is 1.70 bits per heavy atom. The number of hydrogen-bond donors (Lipinski definition) is 2. The lowest BCUT2D eigenvalue weighted by atomic mass is 10.0. The standard InChI is InChI=1S/C24H25N3O3/c1-16(2)14-23(28)26-19-11-8-17(9-12-19)24(29)27-25-15-18-10-13-22(30-3)21-7-5-4-6-20(18)21/h4-13,15-16H,14H2,1-3H3,(H,26,28)(H,27,29). The summed E-state index contributed by atoms with van der Waals surface area (Å²) in [6, 6.07) is 18.3. The van der Waals surface area contributed by atoms with Gasteiger partial charge in [0.2, 0.25) is 5.91 Å². The Balaban J connectivity index is 1.65. The van der Waals surface area contributed by atoms with Gasteiger partial charge in [-0.3, -0.25) is 9.59 Å². The summed E-state index contributed by atoms with van der Waals surface area (Å²) in [6.07, 6.45) is 2.07. The molecular formula is C24H25N3O3. The molecule has 0 heterocycles. The van der Waals surface area contributed by atoms with Gasteiger partial charge in [-0.2, -0.15) is 5.10 Å². The van der Waals surface area contributed by atoms with Crippen LogP contribution in [0.3, 0.4) is 0 Å². The SMILES string of the molecule is COc1ccc(C=NNC(=O)c2ccc(NC(=O)CC(C)C)cc2)c2ccccc12. The van der Waals surface area contributed by atoms with Gasteiger partial charge in [-0.1, -0.05) is 38.1 Å². The molecule has 0 unspecified atom stereocenters. The third-order valence-corrected chi connectivity index (χ3v) is 4.53. The van der Waals surface area contributed by atoms with Crippen LogP contribution in [0.2, 0.25) is 0 Å². The van der Waals surface area contributed by atoms with Gasteiger partial charge in [0.15, 0.2) is 0 Å². The second-order valence-corrected chi connectivity index (χ2v) is 7.33. The van der Waals surface area contributed by atoms with Crippen LogP contribution in [0.1, 0.15) is 36.2 Å². The smallest absolute Gasteiger partial charge is 0.271 e. The van der Waals surface area contributed by atoms with E-state index in [1.165, 1.54) is 0 Å². The second-order valence-electron chi connectivity index (χ2n) is 7.33. The van der Waals surface area contributed by atoms with Gasteiger partial charge in [-0.05, 0) is 47.7 Å². The molecule has 0 saturated heterocycles. The van der Waals surface area contributed by atoms with E-state index in [1.54, 1.807) is 37.6 Å². The van der Waals surface area contributed by atoms with Crippen molar-refractivity contribution < 1.29 is 14.3 Å². The minimum Gasteiger partial charge on any atom is -0.496 e. The number of hydrogen-bond acceptors (Lipinski definition) is 4. The summed E-state index contributed by atoms with van der Waals surface area (Å²) in [4.78, 5) is 24.2. The molecule has 6 heteroatoms. The van der Waals surface area contributed by atoms with E-state index < -0.39 is 0 Å². The van der Waals surface area contributed by atoms with Crippen molar-refractivity contribution in [3.63, 3.8) is 0 Å². The molecule has 3 aromatic carbocycles. The Labute approximate surface area is 175 Å². The average molecular weight is 403 g/mol.